The van der Waals surface area contributed by atoms with Crippen LogP contribution in [0, 0.1) is 0 Å². The Balaban J connectivity index is 1.06. The van der Waals surface area contributed by atoms with Crippen LogP contribution >= 0.6 is 0 Å². The number of piperazine rings is 2. The Morgan fingerprint density at radius 2 is 1.46 bits per heavy atom. The number of carbonyl (C=O) groups excluding carboxylic acids is 2. The zero-order valence-electron chi connectivity index (χ0n) is 21.4. The summed E-state index contributed by atoms with van der Waals surface area (Å²) in [5.41, 5.74) is 1.88. The van der Waals surface area contributed by atoms with Crippen molar-refractivity contribution in [2.24, 2.45) is 0 Å². The number of morpholine rings is 1. The fourth-order valence-corrected chi connectivity index (χ4v) is 5.88. The molecule has 8 heteroatoms. The van der Waals surface area contributed by atoms with E-state index in [1.165, 1.54) is 19.3 Å². The van der Waals surface area contributed by atoms with E-state index >= 15 is 0 Å². The molecule has 1 saturated carbocycles. The molecule has 8 nitrogen and oxygen atoms in total. The largest absolute Gasteiger partial charge is 0.372 e. The Kier molecular flexibility index (Phi) is 7.60. The van der Waals surface area contributed by atoms with E-state index in [0.29, 0.717) is 19.6 Å². The topological polar surface area (TPSA) is 59.6 Å². The monoisotopic (exact) mass is 483 g/mol. The van der Waals surface area contributed by atoms with Crippen LogP contribution < -0.4 is 4.90 Å². The number of amides is 2. The van der Waals surface area contributed by atoms with Gasteiger partial charge < -0.3 is 19.4 Å². The van der Waals surface area contributed by atoms with Gasteiger partial charge in [-0.25, -0.2) is 0 Å². The molecule has 3 aliphatic heterocycles. The van der Waals surface area contributed by atoms with Crippen molar-refractivity contribution in [1.29, 1.82) is 0 Å². The summed E-state index contributed by atoms with van der Waals surface area (Å²) in [4.78, 5) is 37.0. The van der Waals surface area contributed by atoms with Crippen molar-refractivity contribution >= 4 is 17.5 Å². The maximum Gasteiger partial charge on any atom is 0.254 e. The normalized spacial score (nSPS) is 27.1. The summed E-state index contributed by atoms with van der Waals surface area (Å²) in [6.07, 6.45) is 4.18. The Morgan fingerprint density at radius 1 is 0.829 bits per heavy atom. The van der Waals surface area contributed by atoms with Gasteiger partial charge in [0, 0.05) is 82.7 Å². The van der Waals surface area contributed by atoms with Gasteiger partial charge in [-0.1, -0.05) is 6.42 Å². The molecule has 5 rings (SSSR count). The van der Waals surface area contributed by atoms with Gasteiger partial charge in [-0.3, -0.25) is 19.4 Å². The minimum absolute atomic E-state index is 0.0714. The van der Waals surface area contributed by atoms with Crippen LogP contribution in [0.3, 0.4) is 0 Å². The summed E-state index contributed by atoms with van der Waals surface area (Å²) in [7, 11) is 0. The van der Waals surface area contributed by atoms with Crippen molar-refractivity contribution in [3.05, 3.63) is 29.8 Å². The molecular formula is C27H41N5O3. The van der Waals surface area contributed by atoms with E-state index in [1.54, 1.807) is 0 Å². The second-order valence-electron chi connectivity index (χ2n) is 10.8. The molecule has 3 saturated heterocycles. The standard InChI is InChI=1S/C27H41N5O3/c1-21-18-32(19-22(2)35-21)27(34)23-6-8-25(9-7-23)29-12-10-28(11-13-29)20-26(33)31-16-14-30(15-17-31)24-4-3-5-24/h6-9,21-22,24H,3-5,10-20H2,1-2H3. The highest BCUT2D eigenvalue weighted by molar-refractivity contribution is 5.94. The molecule has 3 heterocycles. The number of hydrogen-bond donors (Lipinski definition) is 0. The lowest BCUT2D eigenvalue weighted by Crippen LogP contribution is -2.56. The number of nitrogens with zero attached hydrogens (tertiary/aromatic N) is 5. The summed E-state index contributed by atoms with van der Waals surface area (Å²) < 4.78 is 5.76. The van der Waals surface area contributed by atoms with E-state index in [-0.39, 0.29) is 24.0 Å². The molecule has 1 aromatic carbocycles. The van der Waals surface area contributed by atoms with Crippen LogP contribution in [-0.4, -0.2) is 122 Å². The smallest absolute Gasteiger partial charge is 0.254 e. The zero-order valence-corrected chi connectivity index (χ0v) is 21.4. The van der Waals surface area contributed by atoms with Gasteiger partial charge in [0.05, 0.1) is 18.8 Å². The van der Waals surface area contributed by atoms with Crippen LogP contribution in [0.15, 0.2) is 24.3 Å². The summed E-state index contributed by atoms with van der Waals surface area (Å²) in [6, 6.07) is 8.79. The first-order valence-corrected chi connectivity index (χ1v) is 13.5. The molecule has 4 aliphatic rings. The van der Waals surface area contributed by atoms with Gasteiger partial charge in [-0.2, -0.15) is 0 Å². The van der Waals surface area contributed by atoms with Gasteiger partial charge in [0.1, 0.15) is 0 Å². The fraction of sp³-hybridized carbons (Fsp3) is 0.704. The second kappa shape index (κ2) is 10.8. The lowest BCUT2D eigenvalue weighted by molar-refractivity contribution is -0.134. The number of benzene rings is 1. The molecule has 0 spiro atoms. The number of carbonyl (C=O) groups is 2. The van der Waals surface area contributed by atoms with Gasteiger partial charge in [-0.05, 0) is 51.0 Å². The molecule has 192 valence electrons. The summed E-state index contributed by atoms with van der Waals surface area (Å²) in [5.74, 6) is 0.358. The Morgan fingerprint density at radius 3 is 2.03 bits per heavy atom. The highest BCUT2D eigenvalue weighted by Gasteiger charge is 2.30. The average Bonchev–Trinajstić information content (AvgIpc) is 2.83. The van der Waals surface area contributed by atoms with Crippen LogP contribution in [0.4, 0.5) is 5.69 Å². The first-order valence-electron chi connectivity index (χ1n) is 13.5. The lowest BCUT2D eigenvalue weighted by atomic mass is 9.91. The molecule has 0 bridgehead atoms. The third kappa shape index (κ3) is 5.81. The predicted molar refractivity (Wildman–Crippen MR) is 137 cm³/mol. The lowest BCUT2D eigenvalue weighted by Gasteiger charge is -2.43. The quantitative estimate of drug-likeness (QED) is 0.636. The molecule has 1 aromatic rings. The summed E-state index contributed by atoms with van der Waals surface area (Å²) in [6.45, 7) is 13.2. The van der Waals surface area contributed by atoms with E-state index in [9.17, 15) is 9.59 Å². The highest BCUT2D eigenvalue weighted by atomic mass is 16.5. The summed E-state index contributed by atoms with van der Waals surface area (Å²) in [5, 5.41) is 0. The van der Waals surface area contributed by atoms with Crippen LogP contribution in [0.5, 0.6) is 0 Å². The van der Waals surface area contributed by atoms with Crippen LogP contribution in [-0.2, 0) is 9.53 Å². The van der Waals surface area contributed by atoms with Crippen LogP contribution in [0.2, 0.25) is 0 Å². The molecule has 2 atom stereocenters. The molecule has 1 aliphatic carbocycles. The van der Waals surface area contributed by atoms with Crippen molar-refractivity contribution in [2.45, 2.75) is 51.4 Å². The third-order valence-corrected chi connectivity index (χ3v) is 8.18. The second-order valence-corrected chi connectivity index (χ2v) is 10.8. The molecular weight excluding hydrogens is 442 g/mol. The molecule has 2 amide bonds. The van der Waals surface area contributed by atoms with E-state index in [4.69, 9.17) is 4.74 Å². The molecule has 4 fully saturated rings. The number of ether oxygens (including phenoxy) is 1. The number of anilines is 1. The van der Waals surface area contributed by atoms with Crippen molar-refractivity contribution in [1.82, 2.24) is 19.6 Å². The average molecular weight is 484 g/mol. The van der Waals surface area contributed by atoms with E-state index in [1.807, 2.05) is 30.9 Å². The van der Waals surface area contributed by atoms with Crippen LogP contribution in [0.1, 0.15) is 43.5 Å². The molecule has 0 radical (unpaired) electrons. The zero-order chi connectivity index (χ0) is 24.4. The Labute approximate surface area is 209 Å². The first kappa shape index (κ1) is 24.5. The first-order chi connectivity index (χ1) is 17.0. The van der Waals surface area contributed by atoms with Crippen molar-refractivity contribution < 1.29 is 14.3 Å². The molecule has 2 unspecified atom stereocenters. The predicted octanol–water partition coefficient (Wildman–Crippen LogP) is 1.75. The van der Waals surface area contributed by atoms with Gasteiger partial charge in [-0.15, -0.1) is 0 Å². The van der Waals surface area contributed by atoms with Crippen molar-refractivity contribution in [2.75, 3.05) is 76.9 Å². The Bertz CT molecular complexity index is 863. The maximum atomic E-state index is 12.9. The van der Waals surface area contributed by atoms with E-state index in [2.05, 4.69) is 31.7 Å². The van der Waals surface area contributed by atoms with Gasteiger partial charge in [0.25, 0.3) is 5.91 Å². The van der Waals surface area contributed by atoms with Crippen LogP contribution in [0.25, 0.3) is 0 Å². The minimum atomic E-state index is 0.0714. The van der Waals surface area contributed by atoms with E-state index in [0.717, 1.165) is 69.7 Å². The number of hydrogen-bond acceptors (Lipinski definition) is 6. The van der Waals surface area contributed by atoms with Gasteiger partial charge >= 0.3 is 0 Å². The third-order valence-electron chi connectivity index (χ3n) is 8.18. The minimum Gasteiger partial charge on any atom is -0.372 e. The molecule has 35 heavy (non-hydrogen) atoms. The Hall–Kier alpha value is -2.16. The fourth-order valence-electron chi connectivity index (χ4n) is 5.88. The van der Waals surface area contributed by atoms with Gasteiger partial charge in [0.2, 0.25) is 5.91 Å². The SMILES string of the molecule is CC1CN(C(=O)c2ccc(N3CCN(CC(=O)N4CCN(C5CCC5)CC4)CC3)cc2)CC(C)O1. The maximum absolute atomic E-state index is 12.9. The number of rotatable bonds is 5. The summed E-state index contributed by atoms with van der Waals surface area (Å²) >= 11 is 0. The van der Waals surface area contributed by atoms with Gasteiger partial charge in [0.15, 0.2) is 0 Å². The van der Waals surface area contributed by atoms with E-state index < -0.39 is 0 Å². The molecule has 0 N–H and O–H groups in total. The van der Waals surface area contributed by atoms with Crippen molar-refractivity contribution in [3.63, 3.8) is 0 Å². The van der Waals surface area contributed by atoms with Crippen molar-refractivity contribution in [3.8, 4) is 0 Å². The highest BCUT2D eigenvalue weighted by Crippen LogP contribution is 2.25. The molecule has 0 aromatic heterocycles.